The van der Waals surface area contributed by atoms with Gasteiger partial charge in [-0.05, 0) is 52.7 Å². The Hall–Kier alpha value is -2.04. The van der Waals surface area contributed by atoms with Gasteiger partial charge in [0.2, 0.25) is 6.43 Å². The predicted octanol–water partition coefficient (Wildman–Crippen LogP) is 7.66. The number of alkyl halides is 3. The summed E-state index contributed by atoms with van der Waals surface area (Å²) in [5, 5.41) is 3.19. The highest BCUT2D eigenvalue weighted by Crippen LogP contribution is 2.35. The first-order chi connectivity index (χ1) is 13.6. The smallest absolute Gasteiger partial charge is 0.242 e. The molecule has 0 aromatic rings. The zero-order valence-corrected chi connectivity index (χ0v) is 18.3. The fraction of sp³-hybridized carbons (Fsp3) is 0.500. The molecule has 0 fully saturated rings. The van der Waals surface area contributed by atoms with E-state index >= 15 is 4.39 Å². The van der Waals surface area contributed by atoms with E-state index < -0.39 is 24.8 Å². The molecule has 0 aliphatic heterocycles. The average Bonchev–Trinajstić information content (AvgIpc) is 2.57. The highest BCUT2D eigenvalue weighted by molar-refractivity contribution is 5.57. The Balaban J connectivity index is 3.88. The molecule has 0 saturated heterocycles. The Kier molecular flexibility index (Phi) is 10.2. The molecule has 0 aromatic carbocycles. The third-order valence-electron chi connectivity index (χ3n) is 4.36. The van der Waals surface area contributed by atoms with E-state index in [2.05, 4.69) is 5.32 Å². The molecular formula is C24H33F4N. The van der Waals surface area contributed by atoms with Crippen molar-refractivity contribution in [1.29, 1.82) is 0 Å². The molecule has 0 spiro atoms. The number of allylic oxidation sites excluding steroid dienone is 11. The Morgan fingerprint density at radius 1 is 1.31 bits per heavy atom. The van der Waals surface area contributed by atoms with Gasteiger partial charge in [-0.3, -0.25) is 0 Å². The molecule has 1 rings (SSSR count). The zero-order valence-electron chi connectivity index (χ0n) is 18.3. The monoisotopic (exact) mass is 411 g/mol. The lowest BCUT2D eigenvalue weighted by molar-refractivity contribution is 0.149. The van der Waals surface area contributed by atoms with E-state index in [-0.39, 0.29) is 18.0 Å². The molecular weight excluding hydrogens is 378 g/mol. The number of halogens is 4. The molecule has 0 aromatic heterocycles. The highest BCUT2D eigenvalue weighted by atomic mass is 19.3. The van der Waals surface area contributed by atoms with Gasteiger partial charge in [-0.1, -0.05) is 42.4 Å². The molecule has 0 saturated carbocycles. The zero-order chi connectivity index (χ0) is 22.1. The molecule has 1 nitrogen and oxygen atoms in total. The van der Waals surface area contributed by atoms with Crippen molar-refractivity contribution < 1.29 is 17.6 Å². The largest absolute Gasteiger partial charge is 0.382 e. The minimum absolute atomic E-state index is 0.0492. The lowest BCUT2D eigenvalue weighted by Gasteiger charge is -2.26. The quantitative estimate of drug-likeness (QED) is 0.303. The molecule has 29 heavy (non-hydrogen) atoms. The highest BCUT2D eigenvalue weighted by Gasteiger charge is 2.28. The number of rotatable bonds is 9. The van der Waals surface area contributed by atoms with Gasteiger partial charge in [-0.25, -0.2) is 17.6 Å². The lowest BCUT2D eigenvalue weighted by atomic mass is 9.88. The maximum Gasteiger partial charge on any atom is 0.242 e. The maximum atomic E-state index is 15.0. The Morgan fingerprint density at radius 3 is 2.45 bits per heavy atom. The van der Waals surface area contributed by atoms with Crippen LogP contribution in [0.4, 0.5) is 17.6 Å². The Bertz CT molecular complexity index is 749. The third-order valence-corrected chi connectivity index (χ3v) is 4.36. The van der Waals surface area contributed by atoms with Gasteiger partial charge >= 0.3 is 0 Å². The van der Waals surface area contributed by atoms with Crippen LogP contribution >= 0.6 is 0 Å². The topological polar surface area (TPSA) is 12.0 Å². The molecule has 1 aliphatic rings. The molecule has 0 amide bonds. The van der Waals surface area contributed by atoms with Crippen LogP contribution in [0, 0.1) is 0 Å². The van der Waals surface area contributed by atoms with Crippen LogP contribution in [0.3, 0.4) is 0 Å². The van der Waals surface area contributed by atoms with Gasteiger partial charge in [0.15, 0.2) is 0 Å². The van der Waals surface area contributed by atoms with Crippen LogP contribution in [-0.4, -0.2) is 18.6 Å². The molecule has 162 valence electrons. The Labute approximate surface area is 172 Å². The van der Waals surface area contributed by atoms with E-state index in [1.807, 2.05) is 45.9 Å². The molecule has 1 atom stereocenters. The van der Waals surface area contributed by atoms with Gasteiger partial charge in [-0.15, -0.1) is 0 Å². The summed E-state index contributed by atoms with van der Waals surface area (Å²) in [7, 11) is 0. The van der Waals surface area contributed by atoms with Crippen LogP contribution in [0.2, 0.25) is 0 Å². The summed E-state index contributed by atoms with van der Waals surface area (Å²) in [6.07, 6.45) is 4.97. The Morgan fingerprint density at radius 2 is 1.97 bits per heavy atom. The summed E-state index contributed by atoms with van der Waals surface area (Å²) in [6.45, 7) is 10.9. The van der Waals surface area contributed by atoms with Gasteiger partial charge < -0.3 is 5.32 Å². The first-order valence-corrected chi connectivity index (χ1v) is 10.1. The molecule has 1 N–H and O–H groups in total. The van der Waals surface area contributed by atoms with Crippen molar-refractivity contribution in [3.63, 3.8) is 0 Å². The van der Waals surface area contributed by atoms with Gasteiger partial charge in [0, 0.05) is 30.0 Å². The summed E-state index contributed by atoms with van der Waals surface area (Å²) in [6, 6.07) is -0.100. The van der Waals surface area contributed by atoms with Crippen LogP contribution in [0.1, 0.15) is 60.8 Å². The van der Waals surface area contributed by atoms with E-state index in [4.69, 9.17) is 0 Å². The van der Waals surface area contributed by atoms with Crippen LogP contribution in [0.15, 0.2) is 69.8 Å². The second kappa shape index (κ2) is 11.8. The summed E-state index contributed by atoms with van der Waals surface area (Å²) in [5.74, 6) is -0.627. The van der Waals surface area contributed by atoms with E-state index in [1.54, 1.807) is 19.9 Å². The van der Waals surface area contributed by atoms with Crippen LogP contribution in [-0.2, 0) is 0 Å². The SMILES string of the molecule is C\C=C/C(=C\CC)C(/C=C(/C)CC(F)F)=C(\NC(C)C)C1=C(F)C=C(C)CC1F. The van der Waals surface area contributed by atoms with Gasteiger partial charge in [0.05, 0.1) is 5.70 Å². The van der Waals surface area contributed by atoms with Crippen LogP contribution < -0.4 is 5.32 Å². The van der Waals surface area contributed by atoms with Crippen LogP contribution in [0.25, 0.3) is 0 Å². The van der Waals surface area contributed by atoms with Crippen molar-refractivity contribution in [2.24, 2.45) is 0 Å². The number of hydrogen-bond donors (Lipinski definition) is 1. The maximum absolute atomic E-state index is 15.0. The lowest BCUT2D eigenvalue weighted by Crippen LogP contribution is -2.29. The molecule has 0 radical (unpaired) electrons. The molecule has 0 heterocycles. The van der Waals surface area contributed by atoms with Gasteiger partial charge in [0.1, 0.15) is 12.0 Å². The van der Waals surface area contributed by atoms with Crippen molar-refractivity contribution in [1.82, 2.24) is 5.32 Å². The fourth-order valence-electron chi connectivity index (χ4n) is 3.27. The van der Waals surface area contributed by atoms with Crippen molar-refractivity contribution in [2.75, 3.05) is 0 Å². The first kappa shape index (κ1) is 25.0. The summed E-state index contributed by atoms with van der Waals surface area (Å²) >= 11 is 0. The standard InChI is InChI=1S/C24H33F4N/c1-7-9-18(10-8-2)19(11-16(5)14-22(27)28)24(29-15(3)4)23-20(25)12-17(6)13-21(23)26/h7,9-12,15,21-22,29H,8,13-14H2,1-6H3/b9-7-,16-11-,18-10+,24-19-. The van der Waals surface area contributed by atoms with Gasteiger partial charge in [-0.2, -0.15) is 0 Å². The predicted molar refractivity (Wildman–Crippen MR) is 114 cm³/mol. The van der Waals surface area contributed by atoms with Crippen molar-refractivity contribution in [3.8, 4) is 0 Å². The van der Waals surface area contributed by atoms with Crippen molar-refractivity contribution >= 4 is 0 Å². The number of hydrogen-bond acceptors (Lipinski definition) is 1. The van der Waals surface area contributed by atoms with E-state index in [0.717, 1.165) is 5.57 Å². The van der Waals surface area contributed by atoms with E-state index in [9.17, 15) is 13.2 Å². The normalized spacial score (nSPS) is 20.0. The van der Waals surface area contributed by atoms with Crippen LogP contribution in [0.5, 0.6) is 0 Å². The fourth-order valence-corrected chi connectivity index (χ4v) is 3.27. The van der Waals surface area contributed by atoms with Crippen molar-refractivity contribution in [2.45, 2.75) is 79.4 Å². The molecule has 1 aliphatic carbocycles. The third kappa shape index (κ3) is 7.71. The summed E-state index contributed by atoms with van der Waals surface area (Å²) in [5.41, 5.74) is 2.62. The summed E-state index contributed by atoms with van der Waals surface area (Å²) in [4.78, 5) is 0. The molecule has 0 bridgehead atoms. The van der Waals surface area contributed by atoms with E-state index in [0.29, 0.717) is 28.8 Å². The van der Waals surface area contributed by atoms with Crippen molar-refractivity contribution in [3.05, 3.63) is 69.8 Å². The first-order valence-electron chi connectivity index (χ1n) is 10.1. The summed E-state index contributed by atoms with van der Waals surface area (Å²) < 4.78 is 55.8. The average molecular weight is 412 g/mol. The molecule has 1 unspecified atom stereocenters. The number of nitrogens with one attached hydrogen (secondary N) is 1. The second-order valence-electron chi connectivity index (χ2n) is 7.67. The van der Waals surface area contributed by atoms with Gasteiger partial charge in [0.25, 0.3) is 0 Å². The second-order valence-corrected chi connectivity index (χ2v) is 7.67. The minimum Gasteiger partial charge on any atom is -0.382 e. The molecule has 5 heteroatoms. The minimum atomic E-state index is -2.49. The van der Waals surface area contributed by atoms with E-state index in [1.165, 1.54) is 6.08 Å².